The molecule has 1 amide bonds. The monoisotopic (exact) mass is 545 g/mol. The lowest BCUT2D eigenvalue weighted by molar-refractivity contribution is -0.142. The number of nitrogens with one attached hydrogen (secondary N) is 2. The molecule has 9 nitrogen and oxygen atoms in total. The number of pyridine rings is 2. The Kier molecular flexibility index (Phi) is 11.3. The summed E-state index contributed by atoms with van der Waals surface area (Å²) in [6.45, 7) is 3.46. The fraction of sp³-hybridized carbons (Fsp3) is 0.419. The van der Waals surface area contributed by atoms with Gasteiger partial charge in [-0.15, -0.1) is 0 Å². The molecule has 1 atom stereocenters. The van der Waals surface area contributed by atoms with E-state index in [1.165, 1.54) is 5.56 Å². The van der Waals surface area contributed by atoms with E-state index in [4.69, 9.17) is 9.72 Å². The summed E-state index contributed by atoms with van der Waals surface area (Å²) in [6.07, 6.45) is 8.69. The number of hydrogen-bond acceptors (Lipinski definition) is 7. The number of anilines is 1. The Hall–Kier alpha value is -3.98. The first kappa shape index (κ1) is 29.0. The van der Waals surface area contributed by atoms with E-state index < -0.39 is 12.0 Å². The zero-order valence-electron chi connectivity index (χ0n) is 22.9. The van der Waals surface area contributed by atoms with Crippen molar-refractivity contribution in [3.05, 3.63) is 83.8 Å². The number of amides is 1. The standard InChI is InChI=1S/C31H39N5O4/c37-29(22-24-8-6-16-32-23-24)35-28(31(38)39)15-19-36(20-21-40-27-11-2-1-3-12-27)18-5-4-10-26-14-13-25-9-7-17-33-30(25)34-26/h1-3,6,8,11-14,16,23,28H,4-5,7,9-10,15,17-22H2,(H,33,34)(H,35,37)(H,38,39)/t28-/m0/s1. The van der Waals surface area contributed by atoms with Gasteiger partial charge in [0.2, 0.25) is 5.91 Å². The van der Waals surface area contributed by atoms with Gasteiger partial charge in [0.1, 0.15) is 24.2 Å². The highest BCUT2D eigenvalue weighted by Crippen LogP contribution is 2.20. The Morgan fingerprint density at radius 3 is 2.73 bits per heavy atom. The maximum Gasteiger partial charge on any atom is 0.326 e. The molecule has 3 N–H and O–H groups in total. The molecule has 1 aromatic carbocycles. The van der Waals surface area contributed by atoms with Crippen LogP contribution in [0, 0.1) is 0 Å². The van der Waals surface area contributed by atoms with Crippen LogP contribution in [0.15, 0.2) is 67.0 Å². The summed E-state index contributed by atoms with van der Waals surface area (Å²) in [6, 6.07) is 16.6. The summed E-state index contributed by atoms with van der Waals surface area (Å²) in [5.41, 5.74) is 3.13. The molecule has 1 aliphatic heterocycles. The number of fused-ring (bicyclic) bond motifs is 1. The average Bonchev–Trinajstić information content (AvgIpc) is 2.97. The summed E-state index contributed by atoms with van der Waals surface area (Å²) in [5.74, 6) is 0.466. The van der Waals surface area contributed by atoms with Crippen LogP contribution in [0.3, 0.4) is 0 Å². The number of benzene rings is 1. The van der Waals surface area contributed by atoms with Gasteiger partial charge >= 0.3 is 5.97 Å². The van der Waals surface area contributed by atoms with E-state index in [1.54, 1.807) is 24.5 Å². The second kappa shape index (κ2) is 15.6. The lowest BCUT2D eigenvalue weighted by atomic mass is 10.1. The topological polar surface area (TPSA) is 117 Å². The summed E-state index contributed by atoms with van der Waals surface area (Å²) in [5, 5.41) is 15.8. The average molecular weight is 546 g/mol. The number of carboxylic acid groups (broad SMARTS) is 1. The first-order chi connectivity index (χ1) is 19.6. The summed E-state index contributed by atoms with van der Waals surface area (Å²) in [4.78, 5) is 35.5. The number of aromatic nitrogens is 2. The normalized spacial score (nSPS) is 13.2. The second-order valence-electron chi connectivity index (χ2n) is 10.1. The van der Waals surface area contributed by atoms with Gasteiger partial charge in [-0.25, -0.2) is 9.78 Å². The molecule has 4 rings (SSSR count). The van der Waals surface area contributed by atoms with Gasteiger partial charge in [-0.05, 0) is 80.5 Å². The van der Waals surface area contributed by atoms with Gasteiger partial charge in [0.05, 0.1) is 6.42 Å². The van der Waals surface area contributed by atoms with Crippen LogP contribution in [0.4, 0.5) is 5.82 Å². The van der Waals surface area contributed by atoms with Crippen LogP contribution < -0.4 is 15.4 Å². The van der Waals surface area contributed by atoms with Crippen LogP contribution in [0.5, 0.6) is 5.75 Å². The van der Waals surface area contributed by atoms with E-state index in [9.17, 15) is 14.7 Å². The summed E-state index contributed by atoms with van der Waals surface area (Å²) in [7, 11) is 0. The zero-order valence-corrected chi connectivity index (χ0v) is 22.9. The Balaban J connectivity index is 1.27. The minimum atomic E-state index is -1.04. The molecule has 9 heteroatoms. The van der Waals surface area contributed by atoms with Crippen LogP contribution in [0.25, 0.3) is 0 Å². The van der Waals surface area contributed by atoms with E-state index in [-0.39, 0.29) is 12.3 Å². The van der Waals surface area contributed by atoms with Gasteiger partial charge in [-0.1, -0.05) is 30.3 Å². The Morgan fingerprint density at radius 2 is 1.93 bits per heavy atom. The van der Waals surface area contributed by atoms with Gasteiger partial charge in [0, 0.05) is 37.7 Å². The smallest absolute Gasteiger partial charge is 0.326 e. The summed E-state index contributed by atoms with van der Waals surface area (Å²) < 4.78 is 5.90. The van der Waals surface area contributed by atoms with Crippen molar-refractivity contribution in [2.75, 3.05) is 38.1 Å². The second-order valence-corrected chi connectivity index (χ2v) is 10.1. The van der Waals surface area contributed by atoms with Crippen molar-refractivity contribution >= 4 is 17.7 Å². The van der Waals surface area contributed by atoms with Crippen molar-refractivity contribution in [1.29, 1.82) is 0 Å². The SMILES string of the molecule is O=C(Cc1cccnc1)N[C@@H](CCN(CCCCc1ccc2c(n1)NCCC2)CCOc1ccccc1)C(=O)O. The number of carboxylic acids is 1. The molecule has 1 aliphatic rings. The number of aryl methyl sites for hydroxylation is 2. The maximum atomic E-state index is 12.5. The molecular formula is C31H39N5O4. The van der Waals surface area contributed by atoms with Crippen LogP contribution in [0.2, 0.25) is 0 Å². The molecule has 0 bridgehead atoms. The van der Waals surface area contributed by atoms with E-state index in [2.05, 4.69) is 32.7 Å². The lowest BCUT2D eigenvalue weighted by Crippen LogP contribution is -2.44. The van der Waals surface area contributed by atoms with Gasteiger partial charge < -0.3 is 20.5 Å². The third kappa shape index (κ3) is 9.64. The van der Waals surface area contributed by atoms with Crippen molar-refractivity contribution < 1.29 is 19.4 Å². The van der Waals surface area contributed by atoms with Crippen molar-refractivity contribution in [2.24, 2.45) is 0 Å². The van der Waals surface area contributed by atoms with Gasteiger partial charge in [0.15, 0.2) is 0 Å². The van der Waals surface area contributed by atoms with Crippen LogP contribution in [0.1, 0.15) is 42.5 Å². The predicted molar refractivity (Wildman–Crippen MR) is 154 cm³/mol. The first-order valence-electron chi connectivity index (χ1n) is 14.1. The number of unbranched alkanes of at least 4 members (excludes halogenated alkanes) is 1. The van der Waals surface area contributed by atoms with E-state index in [1.807, 2.05) is 30.3 Å². The zero-order chi connectivity index (χ0) is 28.0. The Morgan fingerprint density at radius 1 is 1.05 bits per heavy atom. The molecule has 212 valence electrons. The molecule has 0 unspecified atom stereocenters. The highest BCUT2D eigenvalue weighted by molar-refractivity contribution is 5.84. The highest BCUT2D eigenvalue weighted by atomic mass is 16.5. The molecule has 3 aromatic rings. The predicted octanol–water partition coefficient (Wildman–Crippen LogP) is 3.74. The highest BCUT2D eigenvalue weighted by Gasteiger charge is 2.21. The fourth-order valence-electron chi connectivity index (χ4n) is 4.80. The minimum Gasteiger partial charge on any atom is -0.492 e. The molecule has 0 aliphatic carbocycles. The van der Waals surface area contributed by atoms with Crippen LogP contribution in [-0.4, -0.2) is 70.7 Å². The third-order valence-electron chi connectivity index (χ3n) is 6.98. The number of rotatable bonds is 16. The molecule has 0 saturated heterocycles. The number of carbonyl (C=O) groups is 2. The van der Waals surface area contributed by atoms with Gasteiger partial charge in [-0.3, -0.25) is 14.7 Å². The maximum absolute atomic E-state index is 12.5. The molecular weight excluding hydrogens is 506 g/mol. The van der Waals surface area contributed by atoms with Crippen molar-refractivity contribution in [1.82, 2.24) is 20.2 Å². The van der Waals surface area contributed by atoms with Crippen LogP contribution in [-0.2, 0) is 28.9 Å². The number of aliphatic carboxylic acids is 1. The number of hydrogen-bond donors (Lipinski definition) is 3. The third-order valence-corrected chi connectivity index (χ3v) is 6.98. The van der Waals surface area contributed by atoms with E-state index in [0.717, 1.165) is 68.0 Å². The van der Waals surface area contributed by atoms with Crippen molar-refractivity contribution in [3.63, 3.8) is 0 Å². The molecule has 0 saturated carbocycles. The largest absolute Gasteiger partial charge is 0.492 e. The molecule has 0 spiro atoms. The minimum absolute atomic E-state index is 0.0957. The Labute approximate surface area is 236 Å². The Bertz CT molecular complexity index is 1210. The fourth-order valence-corrected chi connectivity index (χ4v) is 4.80. The van der Waals surface area contributed by atoms with Gasteiger partial charge in [-0.2, -0.15) is 0 Å². The number of carbonyl (C=O) groups excluding carboxylic acids is 1. The van der Waals surface area contributed by atoms with Gasteiger partial charge in [0.25, 0.3) is 0 Å². The molecule has 0 radical (unpaired) electrons. The van der Waals surface area contributed by atoms with Crippen molar-refractivity contribution in [2.45, 2.75) is 51.0 Å². The van der Waals surface area contributed by atoms with Crippen LogP contribution >= 0.6 is 0 Å². The quantitative estimate of drug-likeness (QED) is 0.233. The number of ether oxygens (including phenoxy) is 1. The van der Waals surface area contributed by atoms with E-state index >= 15 is 0 Å². The molecule has 40 heavy (non-hydrogen) atoms. The number of para-hydroxylation sites is 1. The molecule has 0 fully saturated rings. The summed E-state index contributed by atoms with van der Waals surface area (Å²) >= 11 is 0. The van der Waals surface area contributed by atoms with Crippen molar-refractivity contribution in [3.8, 4) is 5.75 Å². The molecule has 2 aromatic heterocycles. The first-order valence-corrected chi connectivity index (χ1v) is 14.1. The molecule has 3 heterocycles. The number of nitrogens with zero attached hydrogens (tertiary/aromatic N) is 3. The van der Waals surface area contributed by atoms with E-state index in [0.29, 0.717) is 26.1 Å². The lowest BCUT2D eigenvalue weighted by Gasteiger charge is -2.24.